The fourth-order valence-electron chi connectivity index (χ4n) is 2.50. The van der Waals surface area contributed by atoms with Crippen molar-refractivity contribution in [2.24, 2.45) is 0 Å². The highest BCUT2D eigenvalue weighted by atomic mass is 35.5. The summed E-state index contributed by atoms with van der Waals surface area (Å²) in [5, 5.41) is 3.51. The van der Waals surface area contributed by atoms with Crippen molar-refractivity contribution < 1.29 is 18.9 Å². The lowest BCUT2D eigenvalue weighted by Gasteiger charge is -2.20. The maximum atomic E-state index is 13.1. The first-order valence-electron chi connectivity index (χ1n) is 8.29. The molecule has 2 N–H and O–H groups in total. The molecule has 0 saturated carbocycles. The van der Waals surface area contributed by atoms with Crippen LogP contribution in [0.25, 0.3) is 0 Å². The van der Waals surface area contributed by atoms with E-state index in [0.29, 0.717) is 22.3 Å². The van der Waals surface area contributed by atoms with Crippen molar-refractivity contribution in [1.29, 1.82) is 0 Å². The number of nitrogens with one attached hydrogen (secondary N) is 2. The van der Waals surface area contributed by atoms with Gasteiger partial charge in [-0.05, 0) is 35.9 Å². The monoisotopic (exact) mass is 412 g/mol. The molecule has 0 bridgehead atoms. The molecule has 0 radical (unpaired) electrons. The lowest BCUT2D eigenvalue weighted by molar-refractivity contribution is -0.862. The second-order valence-corrected chi connectivity index (χ2v) is 7.18. The number of quaternary nitrogens is 1. The topological polar surface area (TPSA) is 53.9 Å². The van der Waals surface area contributed by atoms with E-state index >= 15 is 0 Å². The van der Waals surface area contributed by atoms with E-state index in [9.17, 15) is 14.0 Å². The quantitative estimate of drug-likeness (QED) is 0.732. The molecule has 0 fully saturated rings. The molecular weight excluding hydrogens is 392 g/mol. The molecule has 0 heterocycles. The van der Waals surface area contributed by atoms with Crippen molar-refractivity contribution in [3.63, 3.8) is 0 Å². The van der Waals surface area contributed by atoms with Gasteiger partial charge in [0.15, 0.2) is 13.1 Å². The van der Waals surface area contributed by atoms with Crippen LogP contribution < -0.4 is 10.2 Å². The predicted molar refractivity (Wildman–Crippen MR) is 105 cm³/mol. The van der Waals surface area contributed by atoms with Gasteiger partial charge >= 0.3 is 0 Å². The van der Waals surface area contributed by atoms with Gasteiger partial charge in [-0.2, -0.15) is 0 Å². The molecule has 5 nitrogen and oxygen atoms in total. The van der Waals surface area contributed by atoms with Crippen molar-refractivity contribution in [3.8, 4) is 0 Å². The highest BCUT2D eigenvalue weighted by molar-refractivity contribution is 6.42. The number of rotatable bonds is 7. The minimum absolute atomic E-state index is 0.0862. The van der Waals surface area contributed by atoms with Crippen molar-refractivity contribution in [3.05, 3.63) is 63.9 Å². The third-order valence-corrected chi connectivity index (χ3v) is 4.59. The predicted octanol–water partition coefficient (Wildman–Crippen LogP) is 2.24. The molecule has 2 amide bonds. The Morgan fingerprint density at radius 3 is 2.52 bits per heavy atom. The number of benzene rings is 2. The van der Waals surface area contributed by atoms with Crippen molar-refractivity contribution in [1.82, 2.24) is 4.90 Å². The summed E-state index contributed by atoms with van der Waals surface area (Å²) in [7, 11) is 3.43. The fourth-order valence-corrected chi connectivity index (χ4v) is 2.82. The summed E-state index contributed by atoms with van der Waals surface area (Å²) in [5.74, 6) is -0.831. The van der Waals surface area contributed by atoms with E-state index in [-0.39, 0.29) is 24.9 Å². The van der Waals surface area contributed by atoms with Crippen LogP contribution in [0.15, 0.2) is 42.5 Å². The molecule has 1 unspecified atom stereocenters. The van der Waals surface area contributed by atoms with E-state index in [2.05, 4.69) is 5.32 Å². The number of anilines is 1. The summed E-state index contributed by atoms with van der Waals surface area (Å²) in [5.41, 5.74) is 1.25. The third-order valence-electron chi connectivity index (χ3n) is 3.85. The molecule has 0 aromatic heterocycles. The van der Waals surface area contributed by atoms with E-state index in [1.54, 1.807) is 43.3 Å². The zero-order chi connectivity index (χ0) is 20.0. The van der Waals surface area contributed by atoms with Crippen LogP contribution in [-0.4, -0.2) is 43.9 Å². The number of likely N-dealkylation sites (N-methyl/N-ethyl adjacent to an activating group) is 2. The van der Waals surface area contributed by atoms with Crippen LogP contribution in [0.1, 0.15) is 5.56 Å². The average molecular weight is 413 g/mol. The van der Waals surface area contributed by atoms with Gasteiger partial charge < -0.3 is 15.1 Å². The van der Waals surface area contributed by atoms with Gasteiger partial charge in [-0.15, -0.1) is 0 Å². The van der Waals surface area contributed by atoms with Gasteiger partial charge in [-0.3, -0.25) is 9.59 Å². The summed E-state index contributed by atoms with van der Waals surface area (Å²) >= 11 is 11.9. The molecule has 0 aliphatic heterocycles. The Kier molecular flexibility index (Phi) is 7.59. The van der Waals surface area contributed by atoms with Crippen LogP contribution in [0.4, 0.5) is 10.1 Å². The fraction of sp³-hybridized carbons (Fsp3) is 0.263. The van der Waals surface area contributed by atoms with E-state index in [1.165, 1.54) is 18.2 Å². The molecule has 27 heavy (non-hydrogen) atoms. The van der Waals surface area contributed by atoms with E-state index in [1.807, 2.05) is 0 Å². The summed E-state index contributed by atoms with van der Waals surface area (Å²) in [4.78, 5) is 26.7. The third kappa shape index (κ3) is 6.82. The number of hydrogen-bond acceptors (Lipinski definition) is 2. The Hall–Kier alpha value is -2.15. The van der Waals surface area contributed by atoms with Crippen LogP contribution in [-0.2, 0) is 16.1 Å². The highest BCUT2D eigenvalue weighted by Crippen LogP contribution is 2.23. The number of carbonyl (C=O) groups excluding carboxylic acids is 2. The number of hydrogen-bond donors (Lipinski definition) is 2. The van der Waals surface area contributed by atoms with Crippen molar-refractivity contribution in [2.45, 2.75) is 6.54 Å². The first-order chi connectivity index (χ1) is 12.7. The number of amides is 2. The molecule has 8 heteroatoms. The van der Waals surface area contributed by atoms with Gasteiger partial charge in [-0.1, -0.05) is 35.3 Å². The van der Waals surface area contributed by atoms with Crippen LogP contribution in [0.5, 0.6) is 0 Å². The summed E-state index contributed by atoms with van der Waals surface area (Å²) in [6, 6.07) is 10.9. The molecule has 0 aliphatic rings. The lowest BCUT2D eigenvalue weighted by Crippen LogP contribution is -3.11. The molecule has 1 atom stereocenters. The summed E-state index contributed by atoms with van der Waals surface area (Å²) < 4.78 is 13.1. The van der Waals surface area contributed by atoms with Crippen LogP contribution in [0.3, 0.4) is 0 Å². The Balaban J connectivity index is 1.83. The van der Waals surface area contributed by atoms with E-state index in [4.69, 9.17) is 23.2 Å². The molecule has 0 aliphatic carbocycles. The van der Waals surface area contributed by atoms with Gasteiger partial charge in [0.05, 0.1) is 17.1 Å². The Morgan fingerprint density at radius 2 is 1.85 bits per heavy atom. The Labute approximate surface area is 167 Å². The van der Waals surface area contributed by atoms with Crippen LogP contribution in [0.2, 0.25) is 10.0 Å². The second-order valence-electron chi connectivity index (χ2n) is 6.37. The Bertz CT molecular complexity index is 832. The van der Waals surface area contributed by atoms with E-state index in [0.717, 1.165) is 10.5 Å². The first-order valence-corrected chi connectivity index (χ1v) is 9.05. The van der Waals surface area contributed by atoms with Crippen LogP contribution >= 0.6 is 23.2 Å². The van der Waals surface area contributed by atoms with Gasteiger partial charge in [0.2, 0.25) is 0 Å². The zero-order valence-electron chi connectivity index (χ0n) is 15.1. The lowest BCUT2D eigenvalue weighted by atomic mass is 10.2. The maximum Gasteiger partial charge on any atom is 0.279 e. The number of nitrogens with zero attached hydrogens (tertiary/aromatic N) is 1. The second kappa shape index (κ2) is 9.69. The normalized spacial score (nSPS) is 11.7. The molecular formula is C19H21Cl2FN3O2+. The minimum atomic E-state index is -0.424. The largest absolute Gasteiger partial charge is 0.337 e. The average Bonchev–Trinajstić information content (AvgIpc) is 2.57. The zero-order valence-corrected chi connectivity index (χ0v) is 16.6. The molecule has 2 aromatic rings. The van der Waals surface area contributed by atoms with Gasteiger partial charge in [0.1, 0.15) is 5.82 Å². The number of halogens is 3. The number of carbonyl (C=O) groups is 2. The minimum Gasteiger partial charge on any atom is -0.337 e. The van der Waals surface area contributed by atoms with Gasteiger partial charge in [0.25, 0.3) is 11.8 Å². The van der Waals surface area contributed by atoms with Crippen molar-refractivity contribution in [2.75, 3.05) is 32.5 Å². The molecule has 0 saturated heterocycles. The molecule has 2 rings (SSSR count). The van der Waals surface area contributed by atoms with Crippen molar-refractivity contribution >= 4 is 40.7 Å². The van der Waals surface area contributed by atoms with Gasteiger partial charge in [-0.25, -0.2) is 4.39 Å². The summed E-state index contributed by atoms with van der Waals surface area (Å²) in [6.07, 6.45) is 0. The molecule has 2 aromatic carbocycles. The molecule has 144 valence electrons. The summed E-state index contributed by atoms with van der Waals surface area (Å²) in [6.45, 7) is 0.621. The standard InChI is InChI=1S/C19H20Cl2FN3O2/c1-24(11-18(26)23-15-5-3-4-14(22)9-15)12-19(27)25(2)10-13-6-7-16(20)17(21)8-13/h3-9H,10-12H2,1-2H3,(H,23,26)/p+1. The highest BCUT2D eigenvalue weighted by Gasteiger charge is 2.18. The SMILES string of the molecule is CN(Cc1ccc(Cl)c(Cl)c1)C(=O)C[NH+](C)CC(=O)Nc1cccc(F)c1. The van der Waals surface area contributed by atoms with Crippen LogP contribution in [0, 0.1) is 5.82 Å². The van der Waals surface area contributed by atoms with E-state index < -0.39 is 5.82 Å². The Morgan fingerprint density at radius 1 is 1.11 bits per heavy atom. The smallest absolute Gasteiger partial charge is 0.279 e. The molecule has 0 spiro atoms. The van der Waals surface area contributed by atoms with Gasteiger partial charge in [0, 0.05) is 19.3 Å². The first kappa shape index (κ1) is 21.2. The maximum absolute atomic E-state index is 13.1.